The smallest absolute Gasteiger partial charge is 0.191 e. The monoisotopic (exact) mass is 366 g/mol. The first kappa shape index (κ1) is 17.3. The molecule has 0 amide bonds. The number of hydrogen-bond donors (Lipinski definition) is 2. The lowest BCUT2D eigenvalue weighted by Crippen LogP contribution is -2.42. The van der Waals surface area contributed by atoms with E-state index in [1.165, 1.54) is 18.4 Å². The topological polar surface area (TPSA) is 39.7 Å². The zero-order valence-corrected chi connectivity index (χ0v) is 15.4. The van der Waals surface area contributed by atoms with Gasteiger partial charge in [0.15, 0.2) is 5.96 Å². The predicted molar refractivity (Wildman–Crippen MR) is 97.6 cm³/mol. The molecule has 1 aromatic rings. The number of halogens is 1. The van der Waals surface area contributed by atoms with Crippen LogP contribution >= 0.6 is 15.9 Å². The van der Waals surface area contributed by atoms with Crippen LogP contribution < -0.4 is 10.6 Å². The van der Waals surface area contributed by atoms with Gasteiger partial charge in [0.1, 0.15) is 0 Å². The second-order valence-electron chi connectivity index (χ2n) is 6.30. The molecule has 1 fully saturated rings. The number of aliphatic imine (C=N–C) groups is 1. The summed E-state index contributed by atoms with van der Waals surface area (Å²) in [5, 5.41) is 6.88. The molecule has 0 spiro atoms. The maximum atomic E-state index is 4.32. The first-order valence-corrected chi connectivity index (χ1v) is 8.70. The minimum absolute atomic E-state index is 0.283. The normalized spacial score (nSPS) is 16.7. The molecule has 0 saturated heterocycles. The Kier molecular flexibility index (Phi) is 6.26. The molecule has 4 nitrogen and oxygen atoms in total. The van der Waals surface area contributed by atoms with Crippen LogP contribution in [0.15, 0.2) is 33.7 Å². The minimum atomic E-state index is 0.283. The Balaban J connectivity index is 1.81. The number of nitrogens with zero attached hydrogens (tertiary/aromatic N) is 2. The number of rotatable bonds is 7. The first-order valence-electron chi connectivity index (χ1n) is 7.91. The third-order valence-corrected chi connectivity index (χ3v) is 4.68. The fourth-order valence-electron chi connectivity index (χ4n) is 2.61. The van der Waals surface area contributed by atoms with Crippen molar-refractivity contribution in [2.45, 2.75) is 24.7 Å². The summed E-state index contributed by atoms with van der Waals surface area (Å²) in [5.74, 6) is 0.903. The Hall–Kier alpha value is -1.07. The summed E-state index contributed by atoms with van der Waals surface area (Å²) >= 11 is 3.57. The number of benzene rings is 1. The van der Waals surface area contributed by atoms with Gasteiger partial charge in [0.25, 0.3) is 0 Å². The summed E-state index contributed by atoms with van der Waals surface area (Å²) in [7, 11) is 6.03. The van der Waals surface area contributed by atoms with Crippen LogP contribution in [-0.2, 0) is 5.41 Å². The Morgan fingerprint density at radius 3 is 2.68 bits per heavy atom. The van der Waals surface area contributed by atoms with Gasteiger partial charge in [-0.05, 0) is 57.6 Å². The lowest BCUT2D eigenvalue weighted by atomic mass is 9.96. The van der Waals surface area contributed by atoms with Gasteiger partial charge in [-0.15, -0.1) is 0 Å². The van der Waals surface area contributed by atoms with Crippen LogP contribution in [0.4, 0.5) is 0 Å². The zero-order valence-electron chi connectivity index (χ0n) is 13.8. The van der Waals surface area contributed by atoms with Crippen molar-refractivity contribution in [3.63, 3.8) is 0 Å². The van der Waals surface area contributed by atoms with Crippen molar-refractivity contribution in [3.8, 4) is 0 Å². The SMILES string of the molecule is CN=C(NCCCN(C)C)NCC1(c2cccc(Br)c2)CC1. The molecule has 0 aromatic heterocycles. The van der Waals surface area contributed by atoms with Gasteiger partial charge in [0.05, 0.1) is 0 Å². The van der Waals surface area contributed by atoms with Crippen LogP contribution in [0.2, 0.25) is 0 Å². The lowest BCUT2D eigenvalue weighted by Gasteiger charge is -2.19. The highest BCUT2D eigenvalue weighted by molar-refractivity contribution is 9.10. The van der Waals surface area contributed by atoms with E-state index in [1.807, 2.05) is 7.05 Å². The van der Waals surface area contributed by atoms with E-state index < -0.39 is 0 Å². The molecule has 2 rings (SSSR count). The van der Waals surface area contributed by atoms with Crippen LogP contribution in [0.5, 0.6) is 0 Å². The first-order chi connectivity index (χ1) is 10.6. The molecular weight excluding hydrogens is 340 g/mol. The van der Waals surface area contributed by atoms with Crippen molar-refractivity contribution in [2.24, 2.45) is 4.99 Å². The molecule has 0 bridgehead atoms. The molecule has 0 radical (unpaired) electrons. The molecule has 22 heavy (non-hydrogen) atoms. The van der Waals surface area contributed by atoms with E-state index in [9.17, 15) is 0 Å². The molecule has 5 heteroatoms. The van der Waals surface area contributed by atoms with Gasteiger partial charge >= 0.3 is 0 Å². The molecular formula is C17H27BrN4. The molecule has 2 N–H and O–H groups in total. The lowest BCUT2D eigenvalue weighted by molar-refractivity contribution is 0.399. The summed E-state index contributed by atoms with van der Waals surface area (Å²) in [4.78, 5) is 6.52. The number of hydrogen-bond acceptors (Lipinski definition) is 2. The fourth-order valence-corrected chi connectivity index (χ4v) is 3.01. The summed E-state index contributed by atoms with van der Waals surface area (Å²) < 4.78 is 1.16. The van der Waals surface area contributed by atoms with Crippen LogP contribution in [0, 0.1) is 0 Å². The molecule has 0 atom stereocenters. The van der Waals surface area contributed by atoms with Crippen LogP contribution in [-0.4, -0.2) is 51.6 Å². The van der Waals surface area contributed by atoms with Crippen molar-refractivity contribution < 1.29 is 0 Å². The molecule has 1 aliphatic carbocycles. The van der Waals surface area contributed by atoms with Crippen LogP contribution in [0.3, 0.4) is 0 Å². The van der Waals surface area contributed by atoms with Gasteiger partial charge in [-0.3, -0.25) is 4.99 Å². The maximum Gasteiger partial charge on any atom is 0.191 e. The molecule has 0 unspecified atom stereocenters. The van der Waals surface area contributed by atoms with E-state index in [1.54, 1.807) is 0 Å². The van der Waals surface area contributed by atoms with Crippen LogP contribution in [0.1, 0.15) is 24.8 Å². The largest absolute Gasteiger partial charge is 0.356 e. The van der Waals surface area contributed by atoms with Crippen molar-refractivity contribution in [1.82, 2.24) is 15.5 Å². The standard InChI is InChI=1S/C17H27BrN4/c1-19-16(20-10-5-11-22(2)3)21-13-17(8-9-17)14-6-4-7-15(18)12-14/h4,6-7,12H,5,8-11,13H2,1-3H3,(H2,19,20,21). The third-order valence-electron chi connectivity index (χ3n) is 4.18. The highest BCUT2D eigenvalue weighted by Gasteiger charge is 2.44. The molecule has 0 heterocycles. The highest BCUT2D eigenvalue weighted by Crippen LogP contribution is 2.48. The number of guanidine groups is 1. The van der Waals surface area contributed by atoms with Crippen molar-refractivity contribution in [3.05, 3.63) is 34.3 Å². The Labute approximate surface area is 142 Å². The summed E-state index contributed by atoms with van der Waals surface area (Å²) in [6.07, 6.45) is 3.60. The molecule has 1 aromatic carbocycles. The molecule has 0 aliphatic heterocycles. The second kappa shape index (κ2) is 7.97. The van der Waals surface area contributed by atoms with Gasteiger partial charge in [-0.25, -0.2) is 0 Å². The van der Waals surface area contributed by atoms with Gasteiger partial charge in [0, 0.05) is 30.0 Å². The van der Waals surface area contributed by atoms with E-state index in [-0.39, 0.29) is 5.41 Å². The van der Waals surface area contributed by atoms with E-state index in [0.29, 0.717) is 0 Å². The molecule has 122 valence electrons. The molecule has 1 saturated carbocycles. The molecule has 1 aliphatic rings. The number of nitrogens with one attached hydrogen (secondary N) is 2. The van der Waals surface area contributed by atoms with Crippen molar-refractivity contribution in [2.75, 3.05) is 40.8 Å². The van der Waals surface area contributed by atoms with Gasteiger partial charge < -0.3 is 15.5 Å². The van der Waals surface area contributed by atoms with Crippen LogP contribution in [0.25, 0.3) is 0 Å². The summed E-state index contributed by atoms with van der Waals surface area (Å²) in [5.41, 5.74) is 1.70. The Morgan fingerprint density at radius 2 is 2.09 bits per heavy atom. The Morgan fingerprint density at radius 1 is 1.32 bits per heavy atom. The van der Waals surface area contributed by atoms with E-state index in [4.69, 9.17) is 0 Å². The minimum Gasteiger partial charge on any atom is -0.356 e. The summed E-state index contributed by atoms with van der Waals surface area (Å²) in [6, 6.07) is 8.67. The Bertz CT molecular complexity index is 509. The quantitative estimate of drug-likeness (QED) is 0.442. The zero-order chi connectivity index (χ0) is 16.0. The van der Waals surface area contributed by atoms with Gasteiger partial charge in [-0.2, -0.15) is 0 Å². The second-order valence-corrected chi connectivity index (χ2v) is 7.22. The van der Waals surface area contributed by atoms with E-state index in [2.05, 4.69) is 74.8 Å². The predicted octanol–water partition coefficient (Wildman–Crippen LogP) is 2.60. The van der Waals surface area contributed by atoms with Crippen molar-refractivity contribution in [1.29, 1.82) is 0 Å². The van der Waals surface area contributed by atoms with Gasteiger partial charge in [-0.1, -0.05) is 28.1 Å². The van der Waals surface area contributed by atoms with Crippen molar-refractivity contribution >= 4 is 21.9 Å². The fraction of sp³-hybridized carbons (Fsp3) is 0.588. The van der Waals surface area contributed by atoms with Gasteiger partial charge in [0.2, 0.25) is 0 Å². The summed E-state index contributed by atoms with van der Waals surface area (Å²) in [6.45, 7) is 2.98. The van der Waals surface area contributed by atoms with E-state index in [0.717, 1.165) is 36.5 Å². The highest BCUT2D eigenvalue weighted by atomic mass is 79.9. The van der Waals surface area contributed by atoms with E-state index >= 15 is 0 Å². The third kappa shape index (κ3) is 4.99. The maximum absolute atomic E-state index is 4.32. The average molecular weight is 367 g/mol. The average Bonchev–Trinajstić information content (AvgIpc) is 3.27.